The second kappa shape index (κ2) is 8.32. The molecule has 0 saturated carbocycles. The lowest BCUT2D eigenvalue weighted by molar-refractivity contribution is -0.129. The molecule has 2 heterocycles. The van der Waals surface area contributed by atoms with E-state index >= 15 is 0 Å². The molecule has 1 fully saturated rings. The van der Waals surface area contributed by atoms with E-state index in [4.69, 9.17) is 0 Å². The van der Waals surface area contributed by atoms with Crippen LogP contribution in [0.3, 0.4) is 0 Å². The van der Waals surface area contributed by atoms with Gasteiger partial charge in [0.2, 0.25) is 5.91 Å². The zero-order valence-corrected chi connectivity index (χ0v) is 14.8. The molecule has 0 bridgehead atoms. The van der Waals surface area contributed by atoms with Gasteiger partial charge in [0.1, 0.15) is 11.4 Å². The molecule has 1 saturated heterocycles. The Balaban J connectivity index is 0.00000109. The summed E-state index contributed by atoms with van der Waals surface area (Å²) in [5, 5.41) is 16.4. The number of H-pyrrole nitrogens is 1. The second-order valence-corrected chi connectivity index (χ2v) is 5.48. The van der Waals surface area contributed by atoms with Gasteiger partial charge < -0.3 is 14.9 Å². The number of nitrogens with one attached hydrogen (secondary N) is 1. The van der Waals surface area contributed by atoms with Gasteiger partial charge in [-0.05, 0) is 18.2 Å². The highest BCUT2D eigenvalue weighted by molar-refractivity contribution is 5.74. The number of para-hydroxylation sites is 1. The van der Waals surface area contributed by atoms with Crippen LogP contribution in [-0.4, -0.2) is 52.3 Å². The maximum absolute atomic E-state index is 12.1. The van der Waals surface area contributed by atoms with Crippen LogP contribution in [0.1, 0.15) is 20.8 Å². The van der Waals surface area contributed by atoms with Gasteiger partial charge in [0.25, 0.3) is 5.56 Å². The molecule has 2 aromatic rings. The third-order valence-electron chi connectivity index (χ3n) is 4.03. The molecule has 7 nitrogen and oxygen atoms in total. The number of carbonyl (C=O) groups excluding carboxylic acids is 1. The third kappa shape index (κ3) is 4.17. The molecule has 134 valence electrons. The number of hydrogen-bond donors (Lipinski definition) is 2. The molecule has 1 aliphatic heterocycles. The van der Waals surface area contributed by atoms with E-state index in [0.717, 1.165) is 0 Å². The number of aromatic amines is 1. The molecular formula is C18H24N4O3. The summed E-state index contributed by atoms with van der Waals surface area (Å²) in [5.41, 5.74) is 1.29. The van der Waals surface area contributed by atoms with Gasteiger partial charge in [0.15, 0.2) is 0 Å². The maximum atomic E-state index is 12.1. The van der Waals surface area contributed by atoms with Crippen LogP contribution in [0, 0.1) is 0 Å². The minimum atomic E-state index is -0.277. The van der Waals surface area contributed by atoms with Gasteiger partial charge in [0.05, 0.1) is 5.69 Å². The van der Waals surface area contributed by atoms with E-state index in [1.165, 1.54) is 0 Å². The molecule has 2 N–H and O–H groups in total. The van der Waals surface area contributed by atoms with E-state index in [-0.39, 0.29) is 17.2 Å². The zero-order chi connectivity index (χ0) is 18.4. The van der Waals surface area contributed by atoms with E-state index in [1.54, 1.807) is 42.2 Å². The molecule has 1 aromatic heterocycles. The molecule has 0 atom stereocenters. The van der Waals surface area contributed by atoms with Gasteiger partial charge in [-0.2, -0.15) is 5.10 Å². The minimum Gasteiger partial charge on any atom is -0.507 e. The van der Waals surface area contributed by atoms with Gasteiger partial charge in [-0.15, -0.1) is 0 Å². The Morgan fingerprint density at radius 1 is 1.16 bits per heavy atom. The Morgan fingerprint density at radius 2 is 1.80 bits per heavy atom. The lowest BCUT2D eigenvalue weighted by atomic mass is 10.1. The van der Waals surface area contributed by atoms with Crippen molar-refractivity contribution >= 4 is 11.6 Å². The van der Waals surface area contributed by atoms with Gasteiger partial charge in [0, 0.05) is 38.7 Å². The van der Waals surface area contributed by atoms with Gasteiger partial charge in [-0.25, -0.2) is 5.10 Å². The Kier molecular flexibility index (Phi) is 6.16. The van der Waals surface area contributed by atoms with Crippen molar-refractivity contribution in [1.82, 2.24) is 15.1 Å². The summed E-state index contributed by atoms with van der Waals surface area (Å²) in [6.07, 6.45) is 0. The van der Waals surface area contributed by atoms with Crippen molar-refractivity contribution < 1.29 is 9.90 Å². The minimum absolute atomic E-state index is 0.0446. The number of nitrogens with zero attached hydrogens (tertiary/aromatic N) is 3. The number of benzene rings is 1. The first-order valence-corrected chi connectivity index (χ1v) is 8.45. The molecule has 3 rings (SSSR count). The van der Waals surface area contributed by atoms with Crippen molar-refractivity contribution in [3.63, 3.8) is 0 Å². The summed E-state index contributed by atoms with van der Waals surface area (Å²) in [6, 6.07) is 8.53. The van der Waals surface area contributed by atoms with Crippen molar-refractivity contribution in [2.75, 3.05) is 31.1 Å². The highest BCUT2D eigenvalue weighted by Gasteiger charge is 2.21. The Morgan fingerprint density at radius 3 is 2.40 bits per heavy atom. The number of amides is 1. The van der Waals surface area contributed by atoms with Gasteiger partial charge in [-0.1, -0.05) is 26.0 Å². The predicted octanol–water partition coefficient (Wildman–Crippen LogP) is 1.84. The van der Waals surface area contributed by atoms with E-state index in [1.807, 2.05) is 18.7 Å². The number of aromatic hydroxyl groups is 1. The molecule has 0 spiro atoms. The van der Waals surface area contributed by atoms with E-state index in [0.29, 0.717) is 43.1 Å². The summed E-state index contributed by atoms with van der Waals surface area (Å²) in [4.78, 5) is 27.2. The van der Waals surface area contributed by atoms with Crippen molar-refractivity contribution in [3.8, 4) is 17.0 Å². The number of aromatic nitrogens is 2. The Bertz CT molecular complexity index is 780. The molecular weight excluding hydrogens is 320 g/mol. The topological polar surface area (TPSA) is 89.5 Å². The first kappa shape index (κ1) is 18.5. The van der Waals surface area contributed by atoms with Crippen molar-refractivity contribution in [2.24, 2.45) is 0 Å². The average Bonchev–Trinajstić information content (AvgIpc) is 2.64. The van der Waals surface area contributed by atoms with E-state index in [9.17, 15) is 14.7 Å². The molecule has 1 amide bonds. The quantitative estimate of drug-likeness (QED) is 0.868. The first-order valence-electron chi connectivity index (χ1n) is 8.45. The lowest BCUT2D eigenvalue weighted by Gasteiger charge is -2.35. The Hall–Kier alpha value is -2.83. The molecule has 7 heteroatoms. The molecule has 1 aromatic carbocycles. The fraction of sp³-hybridized carbons (Fsp3) is 0.389. The molecule has 25 heavy (non-hydrogen) atoms. The molecule has 1 aliphatic rings. The van der Waals surface area contributed by atoms with E-state index < -0.39 is 0 Å². The third-order valence-corrected chi connectivity index (χ3v) is 4.03. The highest BCUT2D eigenvalue weighted by atomic mass is 16.3. The Labute approximate surface area is 146 Å². The highest BCUT2D eigenvalue weighted by Crippen LogP contribution is 2.27. The van der Waals surface area contributed by atoms with Crippen LogP contribution < -0.4 is 10.5 Å². The number of hydrogen-bond acceptors (Lipinski definition) is 5. The van der Waals surface area contributed by atoms with Crippen molar-refractivity contribution in [1.29, 1.82) is 0 Å². The van der Waals surface area contributed by atoms with Crippen LogP contribution in [-0.2, 0) is 4.79 Å². The zero-order valence-electron chi connectivity index (χ0n) is 14.8. The fourth-order valence-electron chi connectivity index (χ4n) is 2.72. The monoisotopic (exact) mass is 344 g/mol. The van der Waals surface area contributed by atoms with Crippen molar-refractivity contribution in [2.45, 2.75) is 20.8 Å². The molecule has 0 aliphatic carbocycles. The molecule has 0 unspecified atom stereocenters. The normalized spacial score (nSPS) is 13.9. The summed E-state index contributed by atoms with van der Waals surface area (Å²) in [7, 11) is 0. The predicted molar refractivity (Wildman–Crippen MR) is 97.8 cm³/mol. The second-order valence-electron chi connectivity index (χ2n) is 5.48. The summed E-state index contributed by atoms with van der Waals surface area (Å²) < 4.78 is 0. The van der Waals surface area contributed by atoms with Crippen LogP contribution in [0.5, 0.6) is 5.75 Å². The summed E-state index contributed by atoms with van der Waals surface area (Å²) in [6.45, 7) is 7.90. The van der Waals surface area contributed by atoms with Crippen LogP contribution in [0.2, 0.25) is 0 Å². The summed E-state index contributed by atoms with van der Waals surface area (Å²) >= 11 is 0. The summed E-state index contributed by atoms with van der Waals surface area (Å²) in [5.74, 6) is 0.155. The maximum Gasteiger partial charge on any atom is 0.287 e. The van der Waals surface area contributed by atoms with Gasteiger partial charge >= 0.3 is 0 Å². The SMILES string of the molecule is CC.CC(=O)N1CCN(c2cc(-c3ccccc3O)n[nH]c2=O)CC1. The van der Waals surface area contributed by atoms with Crippen LogP contribution in [0.4, 0.5) is 5.69 Å². The van der Waals surface area contributed by atoms with E-state index in [2.05, 4.69) is 10.2 Å². The first-order chi connectivity index (χ1) is 12.1. The molecule has 0 radical (unpaired) electrons. The van der Waals surface area contributed by atoms with Crippen LogP contribution >= 0.6 is 0 Å². The standard InChI is InChI=1S/C16H18N4O3.C2H6/c1-11(21)19-6-8-20(9-7-19)14-10-13(17-18-16(14)23)12-4-2-3-5-15(12)22;1-2/h2-5,10,22H,6-9H2,1H3,(H,18,23);1-2H3. The fourth-order valence-corrected chi connectivity index (χ4v) is 2.72. The van der Waals surface area contributed by atoms with Crippen LogP contribution in [0.25, 0.3) is 11.3 Å². The number of phenols is 1. The number of phenolic OH excluding ortho intramolecular Hbond substituents is 1. The lowest BCUT2D eigenvalue weighted by Crippen LogP contribution is -2.49. The smallest absolute Gasteiger partial charge is 0.287 e. The number of anilines is 1. The number of rotatable bonds is 2. The van der Waals surface area contributed by atoms with Crippen LogP contribution in [0.15, 0.2) is 35.1 Å². The number of carbonyl (C=O) groups is 1. The average molecular weight is 344 g/mol. The van der Waals surface area contributed by atoms with Gasteiger partial charge in [-0.3, -0.25) is 9.59 Å². The largest absolute Gasteiger partial charge is 0.507 e. The number of piperazine rings is 1. The van der Waals surface area contributed by atoms with Crippen molar-refractivity contribution in [3.05, 3.63) is 40.7 Å².